The number of nitro groups is 1. The number of rotatable bonds is 4. The lowest BCUT2D eigenvalue weighted by Crippen LogP contribution is -2.25. The number of nitrogens with zero attached hydrogens (tertiary/aromatic N) is 1. The van der Waals surface area contributed by atoms with E-state index in [0.29, 0.717) is 0 Å². The third-order valence-electron chi connectivity index (χ3n) is 2.05. The molecule has 0 aliphatic heterocycles. The van der Waals surface area contributed by atoms with Gasteiger partial charge in [0.15, 0.2) is 0 Å². The van der Waals surface area contributed by atoms with E-state index in [1.165, 1.54) is 0 Å². The molecule has 0 saturated carbocycles. The Hall–Kier alpha value is -1.76. The Morgan fingerprint density at radius 3 is 2.62 bits per heavy atom. The van der Waals surface area contributed by atoms with Crippen LogP contribution in [-0.2, 0) is 5.92 Å². The quantitative estimate of drug-likeness (QED) is 0.632. The van der Waals surface area contributed by atoms with Gasteiger partial charge in [-0.2, -0.15) is 8.78 Å². The van der Waals surface area contributed by atoms with Gasteiger partial charge in [-0.3, -0.25) is 10.1 Å². The molecule has 0 spiro atoms. The Kier molecular flexibility index (Phi) is 3.38. The molecule has 0 atom stereocenters. The van der Waals surface area contributed by atoms with Crippen LogP contribution in [0.2, 0.25) is 0 Å². The van der Waals surface area contributed by atoms with E-state index >= 15 is 0 Å². The van der Waals surface area contributed by atoms with E-state index in [-0.39, 0.29) is 11.4 Å². The van der Waals surface area contributed by atoms with Crippen LogP contribution < -0.4 is 10.5 Å². The van der Waals surface area contributed by atoms with Crippen LogP contribution in [0.5, 0.6) is 5.75 Å². The lowest BCUT2D eigenvalue weighted by molar-refractivity contribution is -0.385. The summed E-state index contributed by atoms with van der Waals surface area (Å²) in [5.41, 5.74) is 4.15. The van der Waals surface area contributed by atoms with Crippen molar-refractivity contribution in [3.63, 3.8) is 0 Å². The molecule has 1 aromatic carbocycles. The minimum Gasteiger partial charge on any atom is -0.496 e. The topological polar surface area (TPSA) is 78.4 Å². The van der Waals surface area contributed by atoms with Gasteiger partial charge in [0.05, 0.1) is 30.2 Å². The second-order valence-corrected chi connectivity index (χ2v) is 3.05. The number of benzene rings is 1. The lowest BCUT2D eigenvalue weighted by atomic mass is 10.1. The van der Waals surface area contributed by atoms with Gasteiger partial charge in [-0.1, -0.05) is 0 Å². The zero-order valence-electron chi connectivity index (χ0n) is 8.44. The first-order chi connectivity index (χ1) is 7.42. The highest BCUT2D eigenvalue weighted by atomic mass is 19.3. The van der Waals surface area contributed by atoms with E-state index in [1.807, 2.05) is 0 Å². The predicted octanol–water partition coefficient (Wildman–Crippen LogP) is 1.65. The van der Waals surface area contributed by atoms with E-state index in [2.05, 4.69) is 4.74 Å². The molecule has 2 N–H and O–H groups in total. The number of nitro benzene ring substituents is 1. The van der Waals surface area contributed by atoms with Crippen LogP contribution >= 0.6 is 0 Å². The second kappa shape index (κ2) is 4.40. The summed E-state index contributed by atoms with van der Waals surface area (Å²) in [7, 11) is 1.16. The Labute approximate surface area is 90.0 Å². The summed E-state index contributed by atoms with van der Waals surface area (Å²) in [6.45, 7) is -0.888. The fourth-order valence-corrected chi connectivity index (χ4v) is 1.21. The van der Waals surface area contributed by atoms with E-state index in [9.17, 15) is 18.9 Å². The summed E-state index contributed by atoms with van der Waals surface area (Å²) in [6, 6.07) is 2.88. The van der Waals surface area contributed by atoms with Crippen LogP contribution in [-0.4, -0.2) is 18.6 Å². The minimum atomic E-state index is -3.26. The Morgan fingerprint density at radius 1 is 1.56 bits per heavy atom. The Bertz CT molecular complexity index is 410. The number of hydrogen-bond donors (Lipinski definition) is 1. The number of methoxy groups -OCH3 is 1. The van der Waals surface area contributed by atoms with Crippen LogP contribution in [0.4, 0.5) is 14.5 Å². The van der Waals surface area contributed by atoms with E-state index < -0.39 is 23.0 Å². The molecule has 1 rings (SSSR count). The zero-order valence-corrected chi connectivity index (χ0v) is 8.44. The molecule has 0 aromatic heterocycles. The maximum absolute atomic E-state index is 13.3. The van der Waals surface area contributed by atoms with Gasteiger partial charge in [0.2, 0.25) is 0 Å². The molecule has 0 aliphatic rings. The van der Waals surface area contributed by atoms with E-state index in [1.54, 1.807) is 0 Å². The van der Waals surface area contributed by atoms with Crippen molar-refractivity contribution in [2.24, 2.45) is 5.73 Å². The van der Waals surface area contributed by atoms with Crippen LogP contribution in [0.15, 0.2) is 18.2 Å². The van der Waals surface area contributed by atoms with Gasteiger partial charge in [0.1, 0.15) is 5.75 Å². The summed E-state index contributed by atoms with van der Waals surface area (Å²) in [5, 5.41) is 10.4. The molecule has 5 nitrogen and oxygen atoms in total. The molecule has 0 radical (unpaired) electrons. The third-order valence-corrected chi connectivity index (χ3v) is 2.05. The predicted molar refractivity (Wildman–Crippen MR) is 52.6 cm³/mol. The number of alkyl halides is 2. The van der Waals surface area contributed by atoms with Crippen LogP contribution in [0.1, 0.15) is 5.56 Å². The Balaban J connectivity index is 3.27. The van der Waals surface area contributed by atoms with E-state index in [0.717, 1.165) is 25.3 Å². The van der Waals surface area contributed by atoms with Crippen molar-refractivity contribution in [1.29, 1.82) is 0 Å². The number of ether oxygens (including phenoxy) is 1. The lowest BCUT2D eigenvalue weighted by Gasteiger charge is -2.16. The standard InChI is InChI=1S/C9H10F2N2O3/c1-16-8-4-6(13(14)15)2-3-7(8)9(10,11)5-12/h2-4H,5,12H2,1H3. The molecule has 7 heteroatoms. The summed E-state index contributed by atoms with van der Waals surface area (Å²) in [5.74, 6) is -3.51. The second-order valence-electron chi connectivity index (χ2n) is 3.05. The first kappa shape index (κ1) is 12.3. The third kappa shape index (κ3) is 2.25. The first-order valence-electron chi connectivity index (χ1n) is 4.33. The molecular formula is C9H10F2N2O3. The van der Waals surface area contributed by atoms with Gasteiger partial charge in [0.25, 0.3) is 11.6 Å². The number of halogens is 2. The average Bonchev–Trinajstić information content (AvgIpc) is 2.28. The fourth-order valence-electron chi connectivity index (χ4n) is 1.21. The molecule has 0 fully saturated rings. The molecule has 0 aliphatic carbocycles. The van der Waals surface area contributed by atoms with Gasteiger partial charge in [-0.25, -0.2) is 0 Å². The zero-order chi connectivity index (χ0) is 12.3. The van der Waals surface area contributed by atoms with Crippen molar-refractivity contribution in [1.82, 2.24) is 0 Å². The SMILES string of the molecule is COc1cc([N+](=O)[O-])ccc1C(F)(F)CN. The molecule has 1 aromatic rings. The average molecular weight is 232 g/mol. The fraction of sp³-hybridized carbons (Fsp3) is 0.333. The summed E-state index contributed by atoms with van der Waals surface area (Å²) >= 11 is 0. The molecule has 0 saturated heterocycles. The molecule has 0 unspecified atom stereocenters. The summed E-state index contributed by atoms with van der Waals surface area (Å²) < 4.78 is 31.3. The molecule has 0 heterocycles. The van der Waals surface area contributed by atoms with Crippen molar-refractivity contribution in [3.05, 3.63) is 33.9 Å². The molecular weight excluding hydrogens is 222 g/mol. The summed E-state index contributed by atoms with van der Waals surface area (Å²) in [6.07, 6.45) is 0. The van der Waals surface area contributed by atoms with Gasteiger partial charge in [-0.05, 0) is 6.07 Å². The Morgan fingerprint density at radius 2 is 2.19 bits per heavy atom. The van der Waals surface area contributed by atoms with Crippen LogP contribution in [0, 0.1) is 10.1 Å². The normalized spacial score (nSPS) is 11.2. The van der Waals surface area contributed by atoms with Gasteiger partial charge in [-0.15, -0.1) is 0 Å². The van der Waals surface area contributed by atoms with Crippen molar-refractivity contribution in [3.8, 4) is 5.75 Å². The van der Waals surface area contributed by atoms with E-state index in [4.69, 9.17) is 5.73 Å². The van der Waals surface area contributed by atoms with Crippen LogP contribution in [0.3, 0.4) is 0 Å². The minimum absolute atomic E-state index is 0.246. The largest absolute Gasteiger partial charge is 0.496 e. The number of hydrogen-bond acceptors (Lipinski definition) is 4. The smallest absolute Gasteiger partial charge is 0.288 e. The highest BCUT2D eigenvalue weighted by Crippen LogP contribution is 2.36. The van der Waals surface area contributed by atoms with Crippen molar-refractivity contribution in [2.75, 3.05) is 13.7 Å². The van der Waals surface area contributed by atoms with Crippen LogP contribution in [0.25, 0.3) is 0 Å². The maximum atomic E-state index is 13.3. The first-order valence-corrected chi connectivity index (χ1v) is 4.33. The van der Waals surface area contributed by atoms with Gasteiger partial charge >= 0.3 is 0 Å². The number of non-ortho nitro benzene ring substituents is 1. The highest BCUT2D eigenvalue weighted by molar-refractivity contribution is 5.46. The summed E-state index contributed by atoms with van der Waals surface area (Å²) in [4.78, 5) is 9.75. The molecule has 0 amide bonds. The van der Waals surface area contributed by atoms with Gasteiger partial charge < -0.3 is 10.5 Å². The van der Waals surface area contributed by atoms with Gasteiger partial charge in [0, 0.05) is 6.07 Å². The van der Waals surface area contributed by atoms with Crippen molar-refractivity contribution >= 4 is 5.69 Å². The highest BCUT2D eigenvalue weighted by Gasteiger charge is 2.33. The van der Waals surface area contributed by atoms with Crippen molar-refractivity contribution < 1.29 is 18.4 Å². The molecule has 16 heavy (non-hydrogen) atoms. The monoisotopic (exact) mass is 232 g/mol. The van der Waals surface area contributed by atoms with Crippen molar-refractivity contribution in [2.45, 2.75) is 5.92 Å². The maximum Gasteiger partial charge on any atom is 0.288 e. The molecule has 0 bridgehead atoms. The number of nitrogens with two attached hydrogens (primary N) is 1. The molecule has 88 valence electrons.